The molecule has 2 aromatic heterocycles. The summed E-state index contributed by atoms with van der Waals surface area (Å²) < 4.78 is 10.8. The second-order valence-electron chi connectivity index (χ2n) is 3.54. The fourth-order valence-electron chi connectivity index (χ4n) is 1.59. The van der Waals surface area contributed by atoms with Crippen LogP contribution in [0, 0.1) is 0 Å². The van der Waals surface area contributed by atoms with E-state index in [9.17, 15) is 9.59 Å². The summed E-state index contributed by atoms with van der Waals surface area (Å²) in [5.74, 6) is -1.34. The zero-order valence-corrected chi connectivity index (χ0v) is 10.1. The van der Waals surface area contributed by atoms with Gasteiger partial charge < -0.3 is 9.47 Å². The molecule has 0 bridgehead atoms. The van der Waals surface area contributed by atoms with Crippen LogP contribution in [0.5, 0.6) is 0 Å². The molecule has 0 aliphatic carbocycles. The number of hydrogen-bond donors (Lipinski definition) is 0. The highest BCUT2D eigenvalue weighted by Crippen LogP contribution is 2.17. The maximum Gasteiger partial charge on any atom is 0.357 e. The average molecular weight is 249 g/mol. The van der Waals surface area contributed by atoms with Crippen LogP contribution < -0.4 is 0 Å². The van der Waals surface area contributed by atoms with E-state index in [4.69, 9.17) is 0 Å². The molecule has 7 nitrogen and oxygen atoms in total. The first-order chi connectivity index (χ1) is 8.58. The van der Waals surface area contributed by atoms with E-state index in [1.165, 1.54) is 26.5 Å². The number of pyridine rings is 1. The molecule has 2 rings (SSSR count). The molecule has 18 heavy (non-hydrogen) atoms. The van der Waals surface area contributed by atoms with Crippen molar-refractivity contribution in [2.75, 3.05) is 14.2 Å². The maximum absolute atomic E-state index is 11.6. The van der Waals surface area contributed by atoms with Crippen molar-refractivity contribution >= 4 is 23.0 Å². The van der Waals surface area contributed by atoms with Gasteiger partial charge in [0.15, 0.2) is 5.69 Å². The fraction of sp³-hybridized carbons (Fsp3) is 0.273. The molecule has 0 unspecified atom stereocenters. The van der Waals surface area contributed by atoms with Gasteiger partial charge in [0.2, 0.25) is 0 Å². The Kier molecular flexibility index (Phi) is 2.97. The van der Waals surface area contributed by atoms with Crippen molar-refractivity contribution in [2.24, 2.45) is 7.05 Å². The summed E-state index contributed by atoms with van der Waals surface area (Å²) in [5.41, 5.74) is 1.11. The highest BCUT2D eigenvalue weighted by Gasteiger charge is 2.22. The van der Waals surface area contributed by atoms with Crippen molar-refractivity contribution in [2.45, 2.75) is 0 Å². The van der Waals surface area contributed by atoms with Crippen LogP contribution in [0.4, 0.5) is 0 Å². The summed E-state index contributed by atoms with van der Waals surface area (Å²) in [6.45, 7) is 0. The first-order valence-corrected chi connectivity index (χ1v) is 5.08. The van der Waals surface area contributed by atoms with Gasteiger partial charge in [0, 0.05) is 7.05 Å². The van der Waals surface area contributed by atoms with Crippen molar-refractivity contribution in [1.82, 2.24) is 14.8 Å². The van der Waals surface area contributed by atoms with Gasteiger partial charge in [0.05, 0.1) is 31.5 Å². The van der Waals surface area contributed by atoms with Crippen molar-refractivity contribution in [3.8, 4) is 0 Å². The van der Waals surface area contributed by atoms with E-state index in [1.807, 2.05) is 0 Å². The first kappa shape index (κ1) is 12.0. The zero-order valence-electron chi connectivity index (χ0n) is 10.1. The molecule has 0 saturated heterocycles. The van der Waals surface area contributed by atoms with Crippen LogP contribution in [0.2, 0.25) is 0 Å². The van der Waals surface area contributed by atoms with Crippen LogP contribution in [0.25, 0.3) is 11.0 Å². The second kappa shape index (κ2) is 4.44. The molecule has 2 heterocycles. The van der Waals surface area contributed by atoms with Gasteiger partial charge in [-0.05, 0) is 6.07 Å². The topological polar surface area (TPSA) is 83.3 Å². The first-order valence-electron chi connectivity index (χ1n) is 5.08. The van der Waals surface area contributed by atoms with Crippen LogP contribution in [0.15, 0.2) is 12.3 Å². The van der Waals surface area contributed by atoms with Gasteiger partial charge in [-0.2, -0.15) is 5.10 Å². The summed E-state index contributed by atoms with van der Waals surface area (Å²) in [7, 11) is 4.16. The van der Waals surface area contributed by atoms with Gasteiger partial charge in [0.1, 0.15) is 5.52 Å². The second-order valence-corrected chi connectivity index (χ2v) is 3.54. The average Bonchev–Trinajstić information content (AvgIpc) is 2.76. The van der Waals surface area contributed by atoms with Crippen LogP contribution in [-0.2, 0) is 16.5 Å². The number of fused-ring (bicyclic) bond motifs is 1. The largest absolute Gasteiger partial charge is 0.465 e. The van der Waals surface area contributed by atoms with Gasteiger partial charge >= 0.3 is 11.9 Å². The Hall–Kier alpha value is -2.44. The lowest BCUT2D eigenvalue weighted by Crippen LogP contribution is -2.14. The molecule has 0 amide bonds. The van der Waals surface area contributed by atoms with Crippen molar-refractivity contribution in [3.05, 3.63) is 23.5 Å². The highest BCUT2D eigenvalue weighted by atomic mass is 16.5. The van der Waals surface area contributed by atoms with E-state index >= 15 is 0 Å². The quantitative estimate of drug-likeness (QED) is 0.722. The molecule has 0 atom stereocenters. The molecule has 2 aromatic rings. The molecule has 7 heteroatoms. The minimum Gasteiger partial charge on any atom is -0.465 e. The number of carbonyl (C=O) groups excluding carboxylic acids is 2. The maximum atomic E-state index is 11.6. The number of aromatic nitrogens is 3. The molecule has 0 saturated carbocycles. The Morgan fingerprint density at radius 2 is 1.89 bits per heavy atom. The van der Waals surface area contributed by atoms with Gasteiger partial charge in [-0.15, -0.1) is 0 Å². The predicted molar refractivity (Wildman–Crippen MR) is 61.2 cm³/mol. The van der Waals surface area contributed by atoms with Crippen molar-refractivity contribution < 1.29 is 19.1 Å². The van der Waals surface area contributed by atoms with Crippen molar-refractivity contribution in [3.63, 3.8) is 0 Å². The van der Waals surface area contributed by atoms with E-state index in [0.717, 1.165) is 0 Å². The Balaban J connectivity index is 2.73. The molecular weight excluding hydrogens is 238 g/mol. The third kappa shape index (κ3) is 1.79. The van der Waals surface area contributed by atoms with Gasteiger partial charge in [0.25, 0.3) is 0 Å². The van der Waals surface area contributed by atoms with Crippen LogP contribution in [-0.4, -0.2) is 40.9 Å². The molecule has 0 fully saturated rings. The lowest BCUT2D eigenvalue weighted by Gasteiger charge is -2.06. The number of methoxy groups -OCH3 is 2. The molecule has 0 N–H and O–H groups in total. The molecule has 94 valence electrons. The summed E-state index contributed by atoms with van der Waals surface area (Å²) in [6, 6.07) is 1.51. The SMILES string of the molecule is COC(=O)c1cc2c(cnn2C)nc1C(=O)OC. The van der Waals surface area contributed by atoms with E-state index in [-0.39, 0.29) is 11.3 Å². The standard InChI is InChI=1S/C11H11N3O4/c1-14-8-4-6(10(15)17-2)9(11(16)18-3)13-7(8)5-12-14/h4-5H,1-3H3. The van der Waals surface area contributed by atoms with Crippen LogP contribution in [0.3, 0.4) is 0 Å². The monoisotopic (exact) mass is 249 g/mol. The summed E-state index contributed by atoms with van der Waals surface area (Å²) in [6.07, 6.45) is 1.50. The van der Waals surface area contributed by atoms with Gasteiger partial charge in [-0.1, -0.05) is 0 Å². The third-order valence-corrected chi connectivity index (χ3v) is 2.52. The number of hydrogen-bond acceptors (Lipinski definition) is 6. The normalized spacial score (nSPS) is 10.4. The summed E-state index contributed by atoms with van der Waals surface area (Å²) in [4.78, 5) is 27.3. The molecule has 0 spiro atoms. The van der Waals surface area contributed by atoms with Crippen LogP contribution >= 0.6 is 0 Å². The van der Waals surface area contributed by atoms with Crippen molar-refractivity contribution in [1.29, 1.82) is 0 Å². The third-order valence-electron chi connectivity index (χ3n) is 2.52. The number of ether oxygens (including phenoxy) is 2. The Bertz CT molecular complexity index is 632. The van der Waals surface area contributed by atoms with E-state index in [1.54, 1.807) is 11.7 Å². The molecule has 0 radical (unpaired) electrons. The Labute approximate surface area is 102 Å². The van der Waals surface area contributed by atoms with E-state index in [2.05, 4.69) is 19.6 Å². The molecular formula is C11H11N3O4. The smallest absolute Gasteiger partial charge is 0.357 e. The minimum absolute atomic E-state index is 0.0560. The number of aryl methyl sites for hydroxylation is 1. The van der Waals surface area contributed by atoms with E-state index < -0.39 is 11.9 Å². The number of nitrogens with zero attached hydrogens (tertiary/aromatic N) is 3. The number of carbonyl (C=O) groups is 2. The zero-order chi connectivity index (χ0) is 13.3. The molecule has 0 aromatic carbocycles. The van der Waals surface area contributed by atoms with E-state index in [0.29, 0.717) is 11.0 Å². The summed E-state index contributed by atoms with van der Waals surface area (Å²) in [5, 5.41) is 4.00. The van der Waals surface area contributed by atoms with Gasteiger partial charge in [-0.25, -0.2) is 14.6 Å². The van der Waals surface area contributed by atoms with Gasteiger partial charge in [-0.3, -0.25) is 4.68 Å². The summed E-state index contributed by atoms with van der Waals surface area (Å²) >= 11 is 0. The number of rotatable bonds is 2. The lowest BCUT2D eigenvalue weighted by atomic mass is 10.1. The molecule has 0 aliphatic heterocycles. The molecule has 0 aliphatic rings. The Morgan fingerprint density at radius 1 is 1.22 bits per heavy atom. The minimum atomic E-state index is -0.693. The highest BCUT2D eigenvalue weighted by molar-refractivity contribution is 6.04. The predicted octanol–water partition coefficient (Wildman–Crippen LogP) is 0.541. The lowest BCUT2D eigenvalue weighted by molar-refractivity contribution is 0.0550. The van der Waals surface area contributed by atoms with Crippen LogP contribution in [0.1, 0.15) is 20.8 Å². The Morgan fingerprint density at radius 3 is 2.50 bits per heavy atom. The number of esters is 2. The fourth-order valence-corrected chi connectivity index (χ4v) is 1.59.